The van der Waals surface area contributed by atoms with E-state index in [0.29, 0.717) is 18.6 Å². The lowest BCUT2D eigenvalue weighted by molar-refractivity contribution is 0.147. The molecule has 0 heterocycles. The lowest BCUT2D eigenvalue weighted by Gasteiger charge is -2.33. The van der Waals surface area contributed by atoms with E-state index < -0.39 is 0 Å². The van der Waals surface area contributed by atoms with E-state index in [4.69, 9.17) is 4.74 Å². The van der Waals surface area contributed by atoms with Crippen LogP contribution in [0.15, 0.2) is 24.3 Å². The van der Waals surface area contributed by atoms with Crippen molar-refractivity contribution in [1.82, 2.24) is 10.2 Å². The van der Waals surface area contributed by atoms with Crippen LogP contribution >= 0.6 is 0 Å². The molecule has 1 aliphatic rings. The topological polar surface area (TPSA) is 44.7 Å². The van der Waals surface area contributed by atoms with E-state index in [0.717, 1.165) is 25.1 Å². The smallest absolute Gasteiger partial charge is 0.119 e. The standard InChI is InChI=1S/C19H32N2O2/c1-15(20-19-10-5-4-7-17(19)14-22)16-8-6-9-18(13-16)23-12-11-21(2)3/h6,8-9,13,15,17,19-20,22H,4-5,7,10-12,14H2,1-3H3. The highest BCUT2D eigenvalue weighted by atomic mass is 16.5. The molecule has 3 atom stereocenters. The van der Waals surface area contributed by atoms with Crippen molar-refractivity contribution in [2.24, 2.45) is 5.92 Å². The molecule has 0 bridgehead atoms. The minimum atomic E-state index is 0.268. The molecule has 0 radical (unpaired) electrons. The van der Waals surface area contributed by atoms with E-state index in [1.54, 1.807) is 0 Å². The molecule has 0 spiro atoms. The Morgan fingerprint density at radius 1 is 1.30 bits per heavy atom. The summed E-state index contributed by atoms with van der Waals surface area (Å²) < 4.78 is 5.83. The zero-order valence-electron chi connectivity index (χ0n) is 14.8. The third-order valence-corrected chi connectivity index (χ3v) is 4.77. The summed E-state index contributed by atoms with van der Waals surface area (Å²) in [6.07, 6.45) is 4.80. The lowest BCUT2D eigenvalue weighted by Crippen LogP contribution is -2.41. The van der Waals surface area contributed by atoms with Crippen molar-refractivity contribution in [3.05, 3.63) is 29.8 Å². The van der Waals surface area contributed by atoms with Crippen LogP contribution in [0.4, 0.5) is 0 Å². The quantitative estimate of drug-likeness (QED) is 0.773. The van der Waals surface area contributed by atoms with Gasteiger partial charge in [0, 0.05) is 25.2 Å². The molecule has 2 N–H and O–H groups in total. The molecule has 4 heteroatoms. The summed E-state index contributed by atoms with van der Waals surface area (Å²) in [5, 5.41) is 13.3. The summed E-state index contributed by atoms with van der Waals surface area (Å²) in [4.78, 5) is 2.12. The Balaban J connectivity index is 1.92. The molecule has 4 nitrogen and oxygen atoms in total. The number of ether oxygens (including phenoxy) is 1. The molecule has 0 aliphatic heterocycles. The number of nitrogens with zero attached hydrogens (tertiary/aromatic N) is 1. The van der Waals surface area contributed by atoms with Crippen LogP contribution in [0, 0.1) is 5.92 Å². The molecule has 1 saturated carbocycles. The van der Waals surface area contributed by atoms with Gasteiger partial charge in [-0.2, -0.15) is 0 Å². The Bertz CT molecular complexity index is 464. The van der Waals surface area contributed by atoms with Gasteiger partial charge in [-0.15, -0.1) is 0 Å². The monoisotopic (exact) mass is 320 g/mol. The highest BCUT2D eigenvalue weighted by Crippen LogP contribution is 2.27. The normalized spacial score (nSPS) is 23.0. The molecular weight excluding hydrogens is 288 g/mol. The number of hydrogen-bond acceptors (Lipinski definition) is 4. The van der Waals surface area contributed by atoms with Gasteiger partial charge in [-0.05, 0) is 57.5 Å². The fraction of sp³-hybridized carbons (Fsp3) is 0.684. The first-order chi connectivity index (χ1) is 11.1. The summed E-state index contributed by atoms with van der Waals surface area (Å²) in [6, 6.07) is 9.04. The Labute approximate surface area is 140 Å². The van der Waals surface area contributed by atoms with Gasteiger partial charge in [-0.1, -0.05) is 25.0 Å². The highest BCUT2D eigenvalue weighted by molar-refractivity contribution is 5.30. The van der Waals surface area contributed by atoms with Gasteiger partial charge in [0.2, 0.25) is 0 Å². The number of rotatable bonds is 8. The Morgan fingerprint density at radius 3 is 2.83 bits per heavy atom. The van der Waals surface area contributed by atoms with E-state index in [-0.39, 0.29) is 12.6 Å². The van der Waals surface area contributed by atoms with E-state index in [1.165, 1.54) is 18.4 Å². The van der Waals surface area contributed by atoms with Crippen molar-refractivity contribution in [2.75, 3.05) is 33.9 Å². The minimum absolute atomic E-state index is 0.268. The van der Waals surface area contributed by atoms with Gasteiger partial charge in [0.15, 0.2) is 0 Å². The highest BCUT2D eigenvalue weighted by Gasteiger charge is 2.25. The molecule has 1 aromatic rings. The number of hydrogen-bond donors (Lipinski definition) is 2. The summed E-state index contributed by atoms with van der Waals surface area (Å²) in [5.74, 6) is 1.33. The fourth-order valence-corrected chi connectivity index (χ4v) is 3.28. The van der Waals surface area contributed by atoms with Crippen LogP contribution in [0.5, 0.6) is 5.75 Å². The minimum Gasteiger partial charge on any atom is -0.492 e. The summed E-state index contributed by atoms with van der Waals surface area (Å²) in [5.41, 5.74) is 1.25. The van der Waals surface area contributed by atoms with Gasteiger partial charge in [0.05, 0.1) is 0 Å². The van der Waals surface area contributed by atoms with Crippen LogP contribution in [-0.4, -0.2) is 49.9 Å². The van der Waals surface area contributed by atoms with Gasteiger partial charge in [0.25, 0.3) is 0 Å². The Hall–Kier alpha value is -1.10. The van der Waals surface area contributed by atoms with E-state index in [9.17, 15) is 5.11 Å². The molecule has 1 fully saturated rings. The molecule has 1 aromatic carbocycles. The molecule has 2 rings (SSSR count). The molecule has 0 aromatic heterocycles. The van der Waals surface area contributed by atoms with Crippen molar-refractivity contribution in [3.63, 3.8) is 0 Å². The summed E-state index contributed by atoms with van der Waals surface area (Å²) in [6.45, 7) is 4.10. The van der Waals surface area contributed by atoms with Crippen LogP contribution in [0.25, 0.3) is 0 Å². The van der Waals surface area contributed by atoms with E-state index >= 15 is 0 Å². The van der Waals surface area contributed by atoms with Gasteiger partial charge >= 0.3 is 0 Å². The van der Waals surface area contributed by atoms with Crippen LogP contribution in [0.2, 0.25) is 0 Å². The maximum Gasteiger partial charge on any atom is 0.119 e. The van der Waals surface area contributed by atoms with Gasteiger partial charge < -0.3 is 20.1 Å². The second-order valence-corrected chi connectivity index (χ2v) is 6.95. The molecule has 0 amide bonds. The van der Waals surface area contributed by atoms with Gasteiger partial charge in [-0.25, -0.2) is 0 Å². The van der Waals surface area contributed by atoms with Crippen molar-refractivity contribution in [1.29, 1.82) is 0 Å². The van der Waals surface area contributed by atoms with Gasteiger partial charge in [-0.3, -0.25) is 0 Å². The number of aliphatic hydroxyl groups excluding tert-OH is 1. The third kappa shape index (κ3) is 5.79. The van der Waals surface area contributed by atoms with E-state index in [1.807, 2.05) is 20.2 Å². The largest absolute Gasteiger partial charge is 0.492 e. The zero-order chi connectivity index (χ0) is 16.7. The van der Waals surface area contributed by atoms with Crippen LogP contribution in [0.1, 0.15) is 44.2 Å². The summed E-state index contributed by atoms with van der Waals surface area (Å²) in [7, 11) is 4.10. The first-order valence-corrected chi connectivity index (χ1v) is 8.84. The van der Waals surface area contributed by atoms with Crippen LogP contribution < -0.4 is 10.1 Å². The van der Waals surface area contributed by atoms with Crippen molar-refractivity contribution >= 4 is 0 Å². The summed E-state index contributed by atoms with van der Waals surface area (Å²) >= 11 is 0. The lowest BCUT2D eigenvalue weighted by atomic mass is 9.84. The Morgan fingerprint density at radius 2 is 2.09 bits per heavy atom. The fourth-order valence-electron chi connectivity index (χ4n) is 3.28. The average Bonchev–Trinajstić information content (AvgIpc) is 2.55. The maximum absolute atomic E-state index is 9.57. The second kappa shape index (κ2) is 9.26. The predicted octanol–water partition coefficient (Wildman–Crippen LogP) is 2.83. The number of likely N-dealkylation sites (N-methyl/N-ethyl adjacent to an activating group) is 1. The number of benzene rings is 1. The molecule has 1 aliphatic carbocycles. The van der Waals surface area contributed by atoms with Crippen molar-refractivity contribution in [2.45, 2.75) is 44.7 Å². The van der Waals surface area contributed by atoms with Crippen LogP contribution in [0.3, 0.4) is 0 Å². The third-order valence-electron chi connectivity index (χ3n) is 4.77. The molecule has 3 unspecified atom stereocenters. The second-order valence-electron chi connectivity index (χ2n) is 6.95. The van der Waals surface area contributed by atoms with E-state index in [2.05, 4.69) is 35.3 Å². The van der Waals surface area contributed by atoms with Crippen molar-refractivity contribution in [3.8, 4) is 5.75 Å². The SMILES string of the molecule is CC(NC1CCCCC1CO)c1cccc(OCCN(C)C)c1. The first kappa shape index (κ1) is 18.2. The number of aliphatic hydroxyl groups is 1. The first-order valence-electron chi connectivity index (χ1n) is 8.84. The average molecular weight is 320 g/mol. The molecular formula is C19H32N2O2. The molecule has 130 valence electrons. The van der Waals surface area contributed by atoms with Gasteiger partial charge in [0.1, 0.15) is 12.4 Å². The predicted molar refractivity (Wildman–Crippen MR) is 94.9 cm³/mol. The maximum atomic E-state index is 9.57. The number of nitrogens with one attached hydrogen (secondary N) is 1. The van der Waals surface area contributed by atoms with Crippen LogP contribution in [-0.2, 0) is 0 Å². The molecule has 23 heavy (non-hydrogen) atoms. The molecule has 0 saturated heterocycles. The Kier molecular flexibility index (Phi) is 7.34. The van der Waals surface area contributed by atoms with Crippen molar-refractivity contribution < 1.29 is 9.84 Å². The zero-order valence-corrected chi connectivity index (χ0v) is 14.8.